The molecule has 0 fully saturated rings. The number of aryl methyl sites for hydroxylation is 1. The van der Waals surface area contributed by atoms with Crippen LogP contribution in [-0.4, -0.2) is 32.2 Å². The Morgan fingerprint density at radius 3 is 2.61 bits per heavy atom. The number of amides is 1. The molecule has 0 saturated carbocycles. The van der Waals surface area contributed by atoms with E-state index < -0.39 is 0 Å². The summed E-state index contributed by atoms with van der Waals surface area (Å²) in [7, 11) is 1.61. The van der Waals surface area contributed by atoms with Crippen molar-refractivity contribution in [2.24, 2.45) is 0 Å². The lowest BCUT2D eigenvalue weighted by Crippen LogP contribution is -2.25. The van der Waals surface area contributed by atoms with Crippen molar-refractivity contribution >= 4 is 34.2 Å². The van der Waals surface area contributed by atoms with Gasteiger partial charge in [-0.25, -0.2) is 0 Å². The van der Waals surface area contributed by atoms with Gasteiger partial charge < -0.3 is 10.1 Å². The third-order valence-electron chi connectivity index (χ3n) is 6.03. The van der Waals surface area contributed by atoms with Gasteiger partial charge in [-0.15, -0.1) is 10.2 Å². The van der Waals surface area contributed by atoms with Crippen molar-refractivity contribution in [2.75, 3.05) is 7.11 Å². The van der Waals surface area contributed by atoms with Gasteiger partial charge in [0.2, 0.25) is 11.7 Å². The van der Waals surface area contributed by atoms with Crippen LogP contribution in [0.15, 0.2) is 77.6 Å². The van der Waals surface area contributed by atoms with Crippen molar-refractivity contribution in [2.45, 2.75) is 25.9 Å². The van der Waals surface area contributed by atoms with Crippen molar-refractivity contribution < 1.29 is 9.53 Å². The van der Waals surface area contributed by atoms with E-state index in [1.165, 1.54) is 0 Å². The molecule has 0 atom stereocenters. The first-order chi connectivity index (χ1) is 17.5. The van der Waals surface area contributed by atoms with Crippen LogP contribution >= 0.6 is 11.6 Å². The number of nitrogens with zero attached hydrogens (tertiary/aromatic N) is 4. The molecule has 1 amide bonds. The number of fused-ring (bicyclic) bond motifs is 3. The number of hydrogen-bond acceptors (Lipinski definition) is 5. The summed E-state index contributed by atoms with van der Waals surface area (Å²) < 4.78 is 8.70. The van der Waals surface area contributed by atoms with Gasteiger partial charge in [-0.2, -0.15) is 0 Å². The molecular formula is C27H24ClN5O3. The Hall–Kier alpha value is -4.17. The lowest BCUT2D eigenvalue weighted by Gasteiger charge is -2.12. The molecular weight excluding hydrogens is 478 g/mol. The summed E-state index contributed by atoms with van der Waals surface area (Å²) in [5.41, 5.74) is 2.43. The topological polar surface area (TPSA) is 90.5 Å². The molecule has 5 aromatic rings. The summed E-state index contributed by atoms with van der Waals surface area (Å²) in [4.78, 5) is 25.9. The van der Waals surface area contributed by atoms with Gasteiger partial charge in [-0.1, -0.05) is 48.0 Å². The van der Waals surface area contributed by atoms with E-state index in [9.17, 15) is 9.59 Å². The fraction of sp³-hybridized carbons (Fsp3) is 0.185. The van der Waals surface area contributed by atoms with Crippen LogP contribution in [0.2, 0.25) is 5.02 Å². The van der Waals surface area contributed by atoms with Crippen LogP contribution < -0.4 is 15.6 Å². The van der Waals surface area contributed by atoms with Crippen LogP contribution in [0.4, 0.5) is 0 Å². The molecule has 2 aromatic heterocycles. The van der Waals surface area contributed by atoms with Crippen LogP contribution in [-0.2, 0) is 24.3 Å². The van der Waals surface area contributed by atoms with Gasteiger partial charge in [0.15, 0.2) is 0 Å². The third kappa shape index (κ3) is 4.81. The quantitative estimate of drug-likeness (QED) is 0.347. The van der Waals surface area contributed by atoms with Crippen molar-refractivity contribution in [3.05, 3.63) is 105 Å². The molecule has 0 saturated heterocycles. The molecule has 5 rings (SSSR count). The Morgan fingerprint density at radius 1 is 1.00 bits per heavy atom. The number of aromatic nitrogens is 4. The predicted molar refractivity (Wildman–Crippen MR) is 138 cm³/mol. The Morgan fingerprint density at radius 2 is 1.81 bits per heavy atom. The predicted octanol–water partition coefficient (Wildman–Crippen LogP) is 4.00. The molecule has 182 valence electrons. The highest BCUT2D eigenvalue weighted by atomic mass is 35.5. The molecule has 0 aliphatic carbocycles. The van der Waals surface area contributed by atoms with Gasteiger partial charge in [0.25, 0.3) is 5.56 Å². The van der Waals surface area contributed by atoms with Crippen molar-refractivity contribution in [3.8, 4) is 5.75 Å². The van der Waals surface area contributed by atoms with Gasteiger partial charge in [-0.3, -0.25) is 18.6 Å². The highest BCUT2D eigenvalue weighted by Crippen LogP contribution is 2.18. The van der Waals surface area contributed by atoms with Crippen LogP contribution in [0.5, 0.6) is 5.75 Å². The van der Waals surface area contributed by atoms with Crippen LogP contribution in [0, 0.1) is 0 Å². The number of nitrogens with one attached hydrogen (secondary N) is 1. The Labute approximate surface area is 212 Å². The maximum Gasteiger partial charge on any atom is 0.263 e. The van der Waals surface area contributed by atoms with Gasteiger partial charge in [0.05, 0.1) is 24.6 Å². The second-order valence-electron chi connectivity index (χ2n) is 8.41. The molecule has 0 unspecified atom stereocenters. The number of para-hydroxylation sites is 1. The normalized spacial score (nSPS) is 11.2. The molecule has 0 aliphatic rings. The molecule has 1 N–H and O–H groups in total. The molecule has 0 bridgehead atoms. The Kier molecular flexibility index (Phi) is 6.69. The lowest BCUT2D eigenvalue weighted by molar-refractivity contribution is -0.121. The van der Waals surface area contributed by atoms with E-state index in [2.05, 4.69) is 15.5 Å². The van der Waals surface area contributed by atoms with E-state index in [1.807, 2.05) is 59.0 Å². The van der Waals surface area contributed by atoms with E-state index in [-0.39, 0.29) is 17.9 Å². The van der Waals surface area contributed by atoms with E-state index >= 15 is 0 Å². The van der Waals surface area contributed by atoms with Crippen molar-refractivity contribution in [1.29, 1.82) is 0 Å². The molecule has 36 heavy (non-hydrogen) atoms. The zero-order valence-corrected chi connectivity index (χ0v) is 20.4. The number of methoxy groups -OCH3 is 1. The Bertz CT molecular complexity index is 1610. The minimum atomic E-state index is -0.150. The molecule has 2 heterocycles. The van der Waals surface area contributed by atoms with E-state index in [0.29, 0.717) is 47.0 Å². The molecule has 8 nitrogen and oxygen atoms in total. The van der Waals surface area contributed by atoms with Gasteiger partial charge in [0, 0.05) is 24.4 Å². The summed E-state index contributed by atoms with van der Waals surface area (Å²) in [5.74, 6) is 1.68. The van der Waals surface area contributed by atoms with Crippen LogP contribution in [0.25, 0.3) is 16.7 Å². The van der Waals surface area contributed by atoms with E-state index in [4.69, 9.17) is 16.3 Å². The van der Waals surface area contributed by atoms with Crippen LogP contribution in [0.3, 0.4) is 0 Å². The van der Waals surface area contributed by atoms with Crippen LogP contribution in [0.1, 0.15) is 23.4 Å². The second-order valence-corrected chi connectivity index (χ2v) is 8.85. The lowest BCUT2D eigenvalue weighted by atomic mass is 10.2. The monoisotopic (exact) mass is 501 g/mol. The Balaban J connectivity index is 1.41. The summed E-state index contributed by atoms with van der Waals surface area (Å²) in [6.07, 6.45) is 0.601. The molecule has 3 aromatic carbocycles. The fourth-order valence-electron chi connectivity index (χ4n) is 4.19. The molecule has 9 heteroatoms. The van der Waals surface area contributed by atoms with Crippen molar-refractivity contribution in [1.82, 2.24) is 24.5 Å². The van der Waals surface area contributed by atoms with Gasteiger partial charge in [-0.05, 0) is 47.5 Å². The van der Waals surface area contributed by atoms with E-state index in [1.54, 1.807) is 29.9 Å². The molecule has 0 spiro atoms. The summed E-state index contributed by atoms with van der Waals surface area (Å²) in [6.45, 7) is 0.726. The second kappa shape index (κ2) is 10.2. The summed E-state index contributed by atoms with van der Waals surface area (Å²) in [6, 6.07) is 22.3. The highest BCUT2D eigenvalue weighted by molar-refractivity contribution is 6.30. The van der Waals surface area contributed by atoms with Crippen molar-refractivity contribution in [3.63, 3.8) is 0 Å². The first kappa shape index (κ1) is 23.6. The first-order valence-electron chi connectivity index (χ1n) is 11.5. The summed E-state index contributed by atoms with van der Waals surface area (Å²) >= 11 is 6.02. The average molecular weight is 502 g/mol. The van der Waals surface area contributed by atoms with E-state index in [0.717, 1.165) is 16.9 Å². The van der Waals surface area contributed by atoms with Gasteiger partial charge in [0.1, 0.15) is 11.6 Å². The first-order valence-corrected chi connectivity index (χ1v) is 11.9. The average Bonchev–Trinajstić information content (AvgIpc) is 3.34. The minimum absolute atomic E-state index is 0.103. The maximum absolute atomic E-state index is 13.3. The highest BCUT2D eigenvalue weighted by Gasteiger charge is 2.17. The molecule has 0 radical (unpaired) electrons. The standard InChI is InChI=1S/C27H24ClN5O3/c1-36-21-6-4-5-19(15-21)16-29-25(34)14-13-24-30-31-27-32(17-18-9-11-20(28)12-10-18)26(35)22-7-2-3-8-23(22)33(24)27/h2-12,15H,13-14,16-17H2,1H3,(H,29,34). The summed E-state index contributed by atoms with van der Waals surface area (Å²) in [5, 5.41) is 12.8. The number of carbonyl (C=O) groups is 1. The number of halogens is 1. The largest absolute Gasteiger partial charge is 0.497 e. The number of benzene rings is 3. The minimum Gasteiger partial charge on any atom is -0.497 e. The fourth-order valence-corrected chi connectivity index (χ4v) is 4.31. The smallest absolute Gasteiger partial charge is 0.263 e. The SMILES string of the molecule is COc1cccc(CNC(=O)CCc2nnc3n(Cc4ccc(Cl)cc4)c(=O)c4ccccc4n23)c1. The number of ether oxygens (including phenoxy) is 1. The number of rotatable bonds is 8. The third-order valence-corrected chi connectivity index (χ3v) is 6.28. The van der Waals surface area contributed by atoms with Gasteiger partial charge >= 0.3 is 0 Å². The number of carbonyl (C=O) groups excluding carboxylic acids is 1. The number of hydrogen-bond donors (Lipinski definition) is 1. The molecule has 0 aliphatic heterocycles. The maximum atomic E-state index is 13.3. The zero-order chi connectivity index (χ0) is 25.1. The zero-order valence-electron chi connectivity index (χ0n) is 19.6.